The van der Waals surface area contributed by atoms with Gasteiger partial charge in [-0.05, 0) is 6.42 Å². The molecule has 1 amide bonds. The van der Waals surface area contributed by atoms with Crippen LogP contribution in [0.1, 0.15) is 17.6 Å². The molecule has 0 radical (unpaired) electrons. The van der Waals surface area contributed by atoms with Crippen LogP contribution < -0.4 is 5.32 Å². The molecule has 1 aromatic heterocycles. The second kappa shape index (κ2) is 12.9. The Hall–Kier alpha value is -0.440. The first-order chi connectivity index (χ1) is 10.7. The van der Waals surface area contributed by atoms with Gasteiger partial charge < -0.3 is 15.0 Å². The number of rotatable bonds is 8. The van der Waals surface area contributed by atoms with Crippen molar-refractivity contribution < 1.29 is 9.53 Å². The molecule has 24 heavy (non-hydrogen) atoms. The van der Waals surface area contributed by atoms with Crippen molar-refractivity contribution in [2.45, 2.75) is 19.9 Å². The van der Waals surface area contributed by atoms with E-state index in [0.717, 1.165) is 44.8 Å². The van der Waals surface area contributed by atoms with Crippen LogP contribution in [-0.4, -0.2) is 73.7 Å². The molecule has 0 saturated carbocycles. The molecule has 1 aromatic rings. The fourth-order valence-electron chi connectivity index (χ4n) is 2.45. The van der Waals surface area contributed by atoms with E-state index in [-0.39, 0.29) is 30.7 Å². The molecule has 1 aliphatic rings. The summed E-state index contributed by atoms with van der Waals surface area (Å²) >= 11 is 1.74. The number of aromatic nitrogens is 1. The number of carbonyl (C=O) groups excluding carboxylic acids is 1. The van der Waals surface area contributed by atoms with Crippen molar-refractivity contribution in [3.8, 4) is 0 Å². The highest BCUT2D eigenvalue weighted by Crippen LogP contribution is 2.13. The Balaban J connectivity index is 0.00000264. The number of amides is 1. The number of nitrogens with one attached hydrogen (secondary N) is 1. The zero-order valence-electron chi connectivity index (χ0n) is 14.3. The number of thiazole rings is 1. The molecule has 1 N–H and O–H groups in total. The average Bonchev–Trinajstić information content (AvgIpc) is 3.00. The normalized spacial score (nSPS) is 14.8. The average molecular weight is 399 g/mol. The Bertz CT molecular complexity index is 468. The van der Waals surface area contributed by atoms with Gasteiger partial charge >= 0.3 is 0 Å². The van der Waals surface area contributed by atoms with E-state index < -0.39 is 0 Å². The van der Waals surface area contributed by atoms with E-state index in [1.165, 1.54) is 5.01 Å². The van der Waals surface area contributed by atoms with Crippen molar-refractivity contribution in [3.63, 3.8) is 0 Å². The first-order valence-corrected chi connectivity index (χ1v) is 8.74. The van der Waals surface area contributed by atoms with E-state index in [1.54, 1.807) is 18.4 Å². The molecular formula is C15H28Cl2N4O2S. The van der Waals surface area contributed by atoms with E-state index >= 15 is 0 Å². The molecule has 1 saturated heterocycles. The van der Waals surface area contributed by atoms with E-state index in [1.807, 2.05) is 4.90 Å². The zero-order chi connectivity index (χ0) is 15.8. The van der Waals surface area contributed by atoms with Crippen molar-refractivity contribution in [1.29, 1.82) is 0 Å². The summed E-state index contributed by atoms with van der Waals surface area (Å²) in [6.07, 6.45) is 1.00. The molecule has 1 aliphatic heterocycles. The summed E-state index contributed by atoms with van der Waals surface area (Å²) in [5.74, 6) is 0.178. The number of carbonyl (C=O) groups is 1. The van der Waals surface area contributed by atoms with Crippen molar-refractivity contribution in [1.82, 2.24) is 20.1 Å². The lowest BCUT2D eigenvalue weighted by Gasteiger charge is -2.34. The molecule has 2 heterocycles. The van der Waals surface area contributed by atoms with Gasteiger partial charge in [0, 0.05) is 51.8 Å². The maximum atomic E-state index is 12.1. The first kappa shape index (κ1) is 23.6. The first-order valence-electron chi connectivity index (χ1n) is 7.86. The number of nitrogens with zero attached hydrogens (tertiary/aromatic N) is 3. The molecule has 140 valence electrons. The number of halogens is 2. The Morgan fingerprint density at radius 1 is 1.33 bits per heavy atom. The van der Waals surface area contributed by atoms with Gasteiger partial charge in [0.05, 0.1) is 23.9 Å². The zero-order valence-corrected chi connectivity index (χ0v) is 16.8. The lowest BCUT2D eigenvalue weighted by atomic mass is 10.3. The fourth-order valence-corrected chi connectivity index (χ4v) is 3.19. The number of ether oxygens (including phenoxy) is 1. The predicted octanol–water partition coefficient (Wildman–Crippen LogP) is 1.43. The van der Waals surface area contributed by atoms with Gasteiger partial charge in [-0.3, -0.25) is 9.69 Å². The summed E-state index contributed by atoms with van der Waals surface area (Å²) < 4.78 is 4.95. The summed E-state index contributed by atoms with van der Waals surface area (Å²) in [5.41, 5.74) is 1.16. The van der Waals surface area contributed by atoms with Crippen LogP contribution in [-0.2, 0) is 22.5 Å². The summed E-state index contributed by atoms with van der Waals surface area (Å²) in [6, 6.07) is 0. The van der Waals surface area contributed by atoms with Crippen LogP contribution in [0.25, 0.3) is 0 Å². The standard InChI is InChI=1S/C15H26N4O2S.2ClH/c1-3-14-17-13(12-22-14)11-18-5-7-19(8-6-18)15(20)10-16-4-9-21-2;;/h12,16H,3-11H2,1-2H3;2*1H. The lowest BCUT2D eigenvalue weighted by Crippen LogP contribution is -2.50. The molecule has 0 spiro atoms. The number of piperazine rings is 1. The minimum absolute atomic E-state index is 0. The van der Waals surface area contributed by atoms with Crippen LogP contribution >= 0.6 is 36.2 Å². The van der Waals surface area contributed by atoms with Crippen LogP contribution in [0.5, 0.6) is 0 Å². The predicted molar refractivity (Wildman–Crippen MR) is 103 cm³/mol. The van der Waals surface area contributed by atoms with Crippen molar-refractivity contribution >= 4 is 42.1 Å². The number of hydrogen-bond acceptors (Lipinski definition) is 6. The molecule has 0 aliphatic carbocycles. The SMILES string of the molecule is CCc1nc(CN2CCN(C(=O)CNCCOC)CC2)cs1.Cl.Cl. The minimum Gasteiger partial charge on any atom is -0.383 e. The Morgan fingerprint density at radius 2 is 2.04 bits per heavy atom. The third-order valence-corrected chi connectivity index (χ3v) is 4.81. The molecular weight excluding hydrogens is 371 g/mol. The second-order valence-corrected chi connectivity index (χ2v) is 6.36. The van der Waals surface area contributed by atoms with Gasteiger partial charge in [0.1, 0.15) is 0 Å². The van der Waals surface area contributed by atoms with Gasteiger partial charge in [-0.2, -0.15) is 0 Å². The van der Waals surface area contributed by atoms with Gasteiger partial charge in [0.2, 0.25) is 5.91 Å². The third-order valence-electron chi connectivity index (χ3n) is 3.77. The molecule has 6 nitrogen and oxygen atoms in total. The largest absolute Gasteiger partial charge is 0.383 e. The van der Waals surface area contributed by atoms with Gasteiger partial charge in [-0.25, -0.2) is 4.98 Å². The summed E-state index contributed by atoms with van der Waals surface area (Å²) in [6.45, 7) is 8.21. The quantitative estimate of drug-likeness (QED) is 0.671. The smallest absolute Gasteiger partial charge is 0.236 e. The van der Waals surface area contributed by atoms with Crippen LogP contribution in [0.15, 0.2) is 5.38 Å². The summed E-state index contributed by atoms with van der Waals surface area (Å²) in [4.78, 5) is 21.0. The topological polar surface area (TPSA) is 57.7 Å². The van der Waals surface area contributed by atoms with Crippen molar-refractivity contribution in [2.24, 2.45) is 0 Å². The molecule has 2 rings (SSSR count). The summed E-state index contributed by atoms with van der Waals surface area (Å²) in [7, 11) is 1.66. The van der Waals surface area contributed by atoms with Crippen LogP contribution in [0.4, 0.5) is 0 Å². The fraction of sp³-hybridized carbons (Fsp3) is 0.733. The molecule has 0 atom stereocenters. The number of aryl methyl sites for hydroxylation is 1. The third kappa shape index (κ3) is 7.63. The Kier molecular flexibility index (Phi) is 12.6. The molecule has 0 aromatic carbocycles. The van der Waals surface area contributed by atoms with Crippen LogP contribution in [0, 0.1) is 0 Å². The highest BCUT2D eigenvalue weighted by atomic mass is 35.5. The highest BCUT2D eigenvalue weighted by Gasteiger charge is 2.21. The molecule has 0 bridgehead atoms. The molecule has 1 fully saturated rings. The van der Waals surface area contributed by atoms with Gasteiger partial charge in [-0.1, -0.05) is 6.92 Å². The molecule has 9 heteroatoms. The lowest BCUT2D eigenvalue weighted by molar-refractivity contribution is -0.132. The van der Waals surface area contributed by atoms with Crippen molar-refractivity contribution in [2.75, 3.05) is 53.0 Å². The van der Waals surface area contributed by atoms with Crippen LogP contribution in [0.2, 0.25) is 0 Å². The van der Waals surface area contributed by atoms with Crippen LogP contribution in [0.3, 0.4) is 0 Å². The van der Waals surface area contributed by atoms with E-state index in [2.05, 4.69) is 27.5 Å². The van der Waals surface area contributed by atoms with E-state index in [0.29, 0.717) is 19.7 Å². The van der Waals surface area contributed by atoms with Crippen molar-refractivity contribution in [3.05, 3.63) is 16.1 Å². The highest BCUT2D eigenvalue weighted by molar-refractivity contribution is 7.09. The maximum Gasteiger partial charge on any atom is 0.236 e. The van der Waals surface area contributed by atoms with Gasteiger partial charge in [0.15, 0.2) is 0 Å². The maximum absolute atomic E-state index is 12.1. The minimum atomic E-state index is 0. The van der Waals surface area contributed by atoms with Gasteiger partial charge in [-0.15, -0.1) is 36.2 Å². The Labute approximate surface area is 160 Å². The second-order valence-electron chi connectivity index (χ2n) is 5.41. The van der Waals surface area contributed by atoms with E-state index in [4.69, 9.17) is 4.74 Å². The van der Waals surface area contributed by atoms with Gasteiger partial charge in [0.25, 0.3) is 0 Å². The number of methoxy groups -OCH3 is 1. The molecule has 0 unspecified atom stereocenters. The number of hydrogen-bond donors (Lipinski definition) is 1. The monoisotopic (exact) mass is 398 g/mol. The Morgan fingerprint density at radius 3 is 2.62 bits per heavy atom. The van der Waals surface area contributed by atoms with E-state index in [9.17, 15) is 4.79 Å². The summed E-state index contributed by atoms with van der Waals surface area (Å²) in [5, 5.41) is 6.45.